The van der Waals surface area contributed by atoms with Gasteiger partial charge in [0.15, 0.2) is 0 Å². The lowest BCUT2D eigenvalue weighted by molar-refractivity contribution is 0.0777. The number of carbonyl (C=O) groups excluding carboxylic acids is 1. The highest BCUT2D eigenvalue weighted by molar-refractivity contribution is 6.36. The summed E-state index contributed by atoms with van der Waals surface area (Å²) >= 11 is 12.1. The summed E-state index contributed by atoms with van der Waals surface area (Å²) in [6, 6.07) is 8.73. The van der Waals surface area contributed by atoms with Crippen LogP contribution in [0.5, 0.6) is 0 Å². The highest BCUT2D eigenvalue weighted by Gasteiger charge is 2.17. The number of nitrogens with zero attached hydrogens (tertiary/aromatic N) is 4. The van der Waals surface area contributed by atoms with E-state index in [9.17, 15) is 4.79 Å². The summed E-state index contributed by atoms with van der Waals surface area (Å²) in [6.45, 7) is 3.23. The van der Waals surface area contributed by atoms with E-state index in [0.29, 0.717) is 33.5 Å². The van der Waals surface area contributed by atoms with E-state index in [1.54, 1.807) is 36.2 Å². The van der Waals surface area contributed by atoms with Crippen LogP contribution in [0.3, 0.4) is 0 Å². The first-order valence-electron chi connectivity index (χ1n) is 7.76. The van der Waals surface area contributed by atoms with Crippen LogP contribution in [0, 0.1) is 0 Å². The Kier molecular flexibility index (Phi) is 5.11. The molecular formula is C17H17Cl2N5O. The lowest BCUT2D eigenvalue weighted by Gasteiger charge is -2.14. The molecule has 2 heterocycles. The van der Waals surface area contributed by atoms with Gasteiger partial charge in [0.2, 0.25) is 0 Å². The molecule has 0 bridgehead atoms. The largest absolute Gasteiger partial charge is 0.334 e. The van der Waals surface area contributed by atoms with Crippen LogP contribution in [0.2, 0.25) is 10.0 Å². The standard InChI is InChI=1S/C17H17Cl2N5O/c1-3-24-7-6-12(22-24)10-23(2)17(25)16-9-15(20-21-16)13-5-4-11(18)8-14(13)19/h4-9H,3,10H2,1-2H3,(H,20,21). The van der Waals surface area contributed by atoms with Crippen molar-refractivity contribution >= 4 is 29.1 Å². The quantitative estimate of drug-likeness (QED) is 0.733. The van der Waals surface area contributed by atoms with Crippen LogP contribution in [0.15, 0.2) is 36.5 Å². The molecule has 0 saturated carbocycles. The van der Waals surface area contributed by atoms with Crippen molar-refractivity contribution in [1.29, 1.82) is 0 Å². The lowest BCUT2D eigenvalue weighted by atomic mass is 10.1. The Morgan fingerprint density at radius 1 is 1.28 bits per heavy atom. The molecule has 8 heteroatoms. The summed E-state index contributed by atoms with van der Waals surface area (Å²) in [5.41, 5.74) is 2.52. The van der Waals surface area contributed by atoms with Gasteiger partial charge >= 0.3 is 0 Å². The monoisotopic (exact) mass is 377 g/mol. The van der Waals surface area contributed by atoms with Crippen LogP contribution < -0.4 is 0 Å². The zero-order chi connectivity index (χ0) is 18.0. The molecule has 3 rings (SSSR count). The van der Waals surface area contributed by atoms with E-state index >= 15 is 0 Å². The summed E-state index contributed by atoms with van der Waals surface area (Å²) < 4.78 is 1.82. The average molecular weight is 378 g/mol. The molecular weight excluding hydrogens is 361 g/mol. The van der Waals surface area contributed by atoms with Gasteiger partial charge in [-0.05, 0) is 37.3 Å². The van der Waals surface area contributed by atoms with Crippen molar-refractivity contribution in [3.63, 3.8) is 0 Å². The minimum absolute atomic E-state index is 0.171. The number of halogens is 2. The summed E-state index contributed by atoms with van der Waals surface area (Å²) in [7, 11) is 1.73. The summed E-state index contributed by atoms with van der Waals surface area (Å²) in [5, 5.41) is 12.4. The second-order valence-corrected chi connectivity index (χ2v) is 6.46. The zero-order valence-corrected chi connectivity index (χ0v) is 15.3. The molecule has 6 nitrogen and oxygen atoms in total. The van der Waals surface area contributed by atoms with Crippen LogP contribution >= 0.6 is 23.2 Å². The van der Waals surface area contributed by atoms with E-state index in [1.165, 1.54) is 0 Å². The van der Waals surface area contributed by atoms with Crippen molar-refractivity contribution in [2.75, 3.05) is 7.05 Å². The maximum atomic E-state index is 12.6. The zero-order valence-electron chi connectivity index (χ0n) is 13.8. The average Bonchev–Trinajstić information content (AvgIpc) is 3.23. The van der Waals surface area contributed by atoms with E-state index in [-0.39, 0.29) is 5.91 Å². The van der Waals surface area contributed by atoms with Gasteiger partial charge in [-0.15, -0.1) is 0 Å². The second-order valence-electron chi connectivity index (χ2n) is 5.62. The Balaban J connectivity index is 1.75. The smallest absolute Gasteiger partial charge is 0.271 e. The molecule has 25 heavy (non-hydrogen) atoms. The maximum absolute atomic E-state index is 12.6. The minimum atomic E-state index is -0.171. The fraction of sp³-hybridized carbons (Fsp3) is 0.235. The van der Waals surface area contributed by atoms with Gasteiger partial charge in [-0.3, -0.25) is 14.6 Å². The molecule has 0 fully saturated rings. The summed E-state index contributed by atoms with van der Waals surface area (Å²) in [6.07, 6.45) is 1.89. The van der Waals surface area contributed by atoms with E-state index in [1.807, 2.05) is 23.9 Å². The number of aromatic nitrogens is 4. The molecule has 0 radical (unpaired) electrons. The molecule has 0 saturated heterocycles. The number of amides is 1. The molecule has 0 unspecified atom stereocenters. The van der Waals surface area contributed by atoms with Gasteiger partial charge in [-0.1, -0.05) is 23.2 Å². The first-order chi connectivity index (χ1) is 12.0. The molecule has 2 aromatic heterocycles. The number of hydrogen-bond donors (Lipinski definition) is 1. The van der Waals surface area contributed by atoms with Crippen molar-refractivity contribution in [3.8, 4) is 11.3 Å². The normalized spacial score (nSPS) is 10.9. The summed E-state index contributed by atoms with van der Waals surface area (Å²) in [4.78, 5) is 14.2. The first-order valence-corrected chi connectivity index (χ1v) is 8.52. The number of benzene rings is 1. The topological polar surface area (TPSA) is 66.8 Å². The third-order valence-electron chi connectivity index (χ3n) is 3.78. The fourth-order valence-corrected chi connectivity index (χ4v) is 2.96. The molecule has 3 aromatic rings. The van der Waals surface area contributed by atoms with Gasteiger partial charge < -0.3 is 4.90 Å². The van der Waals surface area contributed by atoms with Crippen molar-refractivity contribution in [2.24, 2.45) is 0 Å². The van der Waals surface area contributed by atoms with E-state index in [0.717, 1.165) is 12.2 Å². The van der Waals surface area contributed by atoms with Gasteiger partial charge in [0, 0.05) is 30.4 Å². The Morgan fingerprint density at radius 2 is 2.08 bits per heavy atom. The van der Waals surface area contributed by atoms with Gasteiger partial charge in [0.05, 0.1) is 23.0 Å². The van der Waals surface area contributed by atoms with E-state index < -0.39 is 0 Å². The number of carbonyl (C=O) groups is 1. The number of H-pyrrole nitrogens is 1. The Morgan fingerprint density at radius 3 is 2.76 bits per heavy atom. The molecule has 0 aliphatic carbocycles. The third kappa shape index (κ3) is 3.86. The fourth-order valence-electron chi connectivity index (χ4n) is 2.45. The molecule has 0 aliphatic rings. The van der Waals surface area contributed by atoms with Crippen molar-refractivity contribution in [2.45, 2.75) is 20.0 Å². The second kappa shape index (κ2) is 7.29. The third-order valence-corrected chi connectivity index (χ3v) is 4.33. The molecule has 1 aromatic carbocycles. The number of hydrogen-bond acceptors (Lipinski definition) is 3. The van der Waals surface area contributed by atoms with Crippen LogP contribution in [-0.4, -0.2) is 37.8 Å². The lowest BCUT2D eigenvalue weighted by Crippen LogP contribution is -2.26. The van der Waals surface area contributed by atoms with Crippen molar-refractivity contribution in [3.05, 3.63) is 58.0 Å². The van der Waals surface area contributed by atoms with E-state index in [2.05, 4.69) is 15.3 Å². The van der Waals surface area contributed by atoms with Gasteiger partial charge in [-0.25, -0.2) is 0 Å². The number of nitrogens with one attached hydrogen (secondary N) is 1. The number of aromatic amines is 1. The van der Waals surface area contributed by atoms with Crippen LogP contribution in [0.25, 0.3) is 11.3 Å². The maximum Gasteiger partial charge on any atom is 0.271 e. The van der Waals surface area contributed by atoms with Gasteiger partial charge in [-0.2, -0.15) is 10.2 Å². The highest BCUT2D eigenvalue weighted by Crippen LogP contribution is 2.29. The molecule has 1 amide bonds. The van der Waals surface area contributed by atoms with E-state index in [4.69, 9.17) is 23.2 Å². The van der Waals surface area contributed by atoms with Crippen LogP contribution in [0.4, 0.5) is 0 Å². The number of rotatable bonds is 5. The van der Waals surface area contributed by atoms with Gasteiger partial charge in [0.25, 0.3) is 5.91 Å². The highest BCUT2D eigenvalue weighted by atomic mass is 35.5. The Bertz CT molecular complexity index is 902. The minimum Gasteiger partial charge on any atom is -0.334 e. The summed E-state index contributed by atoms with van der Waals surface area (Å²) in [5.74, 6) is -0.171. The number of aryl methyl sites for hydroxylation is 1. The molecule has 1 N–H and O–H groups in total. The Hall–Kier alpha value is -2.31. The van der Waals surface area contributed by atoms with Crippen molar-refractivity contribution in [1.82, 2.24) is 24.9 Å². The molecule has 0 atom stereocenters. The predicted molar refractivity (Wildman–Crippen MR) is 97.7 cm³/mol. The van der Waals surface area contributed by atoms with Crippen LogP contribution in [-0.2, 0) is 13.1 Å². The molecule has 0 spiro atoms. The van der Waals surface area contributed by atoms with Gasteiger partial charge in [0.1, 0.15) is 5.69 Å². The van der Waals surface area contributed by atoms with Crippen LogP contribution in [0.1, 0.15) is 23.1 Å². The first kappa shape index (κ1) is 17.5. The SMILES string of the molecule is CCn1ccc(CN(C)C(=O)c2cc(-c3ccc(Cl)cc3Cl)n[nH]2)n1. The molecule has 130 valence electrons. The predicted octanol–water partition coefficient (Wildman–Crippen LogP) is 3.87. The van der Waals surface area contributed by atoms with Crippen molar-refractivity contribution < 1.29 is 4.79 Å². The molecule has 0 aliphatic heterocycles. The Labute approximate surface area is 155 Å².